The number of benzene rings is 1. The van der Waals surface area contributed by atoms with Crippen LogP contribution in [0.15, 0.2) is 48.9 Å². The van der Waals surface area contributed by atoms with Crippen LogP contribution < -0.4 is 4.74 Å². The van der Waals surface area contributed by atoms with Gasteiger partial charge in [0.2, 0.25) is 0 Å². The molecular weight excluding hydrogens is 226 g/mol. The molecule has 0 aliphatic heterocycles. The molecule has 2 heterocycles. The van der Waals surface area contributed by atoms with Gasteiger partial charge in [0.05, 0.1) is 6.61 Å². The SMILES string of the molecule is CCOc1cccc(-c2ccc3nncn3c2)c1. The number of nitrogens with zero attached hydrogens (tertiary/aromatic N) is 3. The molecule has 0 saturated carbocycles. The lowest BCUT2D eigenvalue weighted by Gasteiger charge is -2.06. The molecule has 0 aliphatic carbocycles. The van der Waals surface area contributed by atoms with Gasteiger partial charge in [-0.1, -0.05) is 12.1 Å². The van der Waals surface area contributed by atoms with Crippen LogP contribution in [0.2, 0.25) is 0 Å². The van der Waals surface area contributed by atoms with Crippen LogP contribution in [0, 0.1) is 0 Å². The highest BCUT2D eigenvalue weighted by Crippen LogP contribution is 2.24. The summed E-state index contributed by atoms with van der Waals surface area (Å²) < 4.78 is 7.41. The molecule has 4 heteroatoms. The molecule has 0 N–H and O–H groups in total. The van der Waals surface area contributed by atoms with E-state index in [0.29, 0.717) is 6.61 Å². The maximum Gasteiger partial charge on any atom is 0.160 e. The van der Waals surface area contributed by atoms with Crippen LogP contribution in [0.4, 0.5) is 0 Å². The fraction of sp³-hybridized carbons (Fsp3) is 0.143. The number of ether oxygens (including phenoxy) is 1. The van der Waals surface area contributed by atoms with Gasteiger partial charge in [-0.25, -0.2) is 0 Å². The molecule has 0 fully saturated rings. The van der Waals surface area contributed by atoms with Crippen LogP contribution in [-0.4, -0.2) is 21.2 Å². The number of fused-ring (bicyclic) bond motifs is 1. The van der Waals surface area contributed by atoms with Gasteiger partial charge in [-0.2, -0.15) is 0 Å². The Bertz CT molecular complexity index is 675. The van der Waals surface area contributed by atoms with E-state index in [-0.39, 0.29) is 0 Å². The highest BCUT2D eigenvalue weighted by Gasteiger charge is 2.02. The van der Waals surface area contributed by atoms with Crippen LogP contribution in [0.3, 0.4) is 0 Å². The molecule has 3 aromatic rings. The van der Waals surface area contributed by atoms with E-state index in [0.717, 1.165) is 22.5 Å². The Morgan fingerprint density at radius 3 is 3.00 bits per heavy atom. The van der Waals surface area contributed by atoms with E-state index in [2.05, 4.69) is 16.3 Å². The predicted molar refractivity (Wildman–Crippen MR) is 69.6 cm³/mol. The van der Waals surface area contributed by atoms with Crippen molar-refractivity contribution < 1.29 is 4.74 Å². The Kier molecular flexibility index (Phi) is 2.68. The third-order valence-corrected chi connectivity index (χ3v) is 2.77. The van der Waals surface area contributed by atoms with Gasteiger partial charge in [-0.15, -0.1) is 10.2 Å². The summed E-state index contributed by atoms with van der Waals surface area (Å²) in [4.78, 5) is 0. The molecule has 18 heavy (non-hydrogen) atoms. The zero-order valence-electron chi connectivity index (χ0n) is 10.1. The minimum Gasteiger partial charge on any atom is -0.494 e. The molecule has 0 saturated heterocycles. The van der Waals surface area contributed by atoms with Gasteiger partial charge in [0.25, 0.3) is 0 Å². The summed E-state index contributed by atoms with van der Waals surface area (Å²) in [6.45, 7) is 2.66. The number of hydrogen-bond donors (Lipinski definition) is 0. The quantitative estimate of drug-likeness (QED) is 0.705. The smallest absolute Gasteiger partial charge is 0.160 e. The molecule has 4 nitrogen and oxygen atoms in total. The van der Waals surface area contributed by atoms with E-state index in [1.165, 1.54) is 0 Å². The molecular formula is C14H13N3O. The predicted octanol–water partition coefficient (Wildman–Crippen LogP) is 2.79. The second-order valence-electron chi connectivity index (χ2n) is 3.98. The van der Waals surface area contributed by atoms with E-state index in [4.69, 9.17) is 4.74 Å². The van der Waals surface area contributed by atoms with Crippen molar-refractivity contribution >= 4 is 5.65 Å². The van der Waals surface area contributed by atoms with Crippen LogP contribution in [0.5, 0.6) is 5.75 Å². The van der Waals surface area contributed by atoms with Crippen molar-refractivity contribution in [2.45, 2.75) is 6.92 Å². The first kappa shape index (κ1) is 10.8. The summed E-state index contributed by atoms with van der Waals surface area (Å²) in [5.74, 6) is 0.888. The Balaban J connectivity index is 2.04. The fourth-order valence-electron chi connectivity index (χ4n) is 1.93. The highest BCUT2D eigenvalue weighted by molar-refractivity contribution is 5.65. The second kappa shape index (κ2) is 4.49. The summed E-state index contributed by atoms with van der Waals surface area (Å²) in [6, 6.07) is 12.1. The average molecular weight is 239 g/mol. The first-order valence-corrected chi connectivity index (χ1v) is 5.89. The third kappa shape index (κ3) is 1.93. The van der Waals surface area contributed by atoms with E-state index in [1.54, 1.807) is 6.33 Å². The van der Waals surface area contributed by atoms with Crippen molar-refractivity contribution in [1.29, 1.82) is 0 Å². The monoisotopic (exact) mass is 239 g/mol. The van der Waals surface area contributed by atoms with Crippen molar-refractivity contribution in [3.8, 4) is 16.9 Å². The third-order valence-electron chi connectivity index (χ3n) is 2.77. The van der Waals surface area contributed by atoms with E-state index in [9.17, 15) is 0 Å². The van der Waals surface area contributed by atoms with Crippen LogP contribution in [0.25, 0.3) is 16.8 Å². The van der Waals surface area contributed by atoms with Crippen LogP contribution in [0.1, 0.15) is 6.92 Å². The Morgan fingerprint density at radius 1 is 1.17 bits per heavy atom. The van der Waals surface area contributed by atoms with Gasteiger partial charge in [-0.3, -0.25) is 4.40 Å². The first-order valence-electron chi connectivity index (χ1n) is 5.89. The molecule has 2 aromatic heterocycles. The molecule has 0 radical (unpaired) electrons. The van der Waals surface area contributed by atoms with Gasteiger partial charge in [0.1, 0.15) is 12.1 Å². The standard InChI is InChI=1S/C14H13N3O/c1-2-18-13-5-3-4-11(8-13)12-6-7-14-16-15-10-17(14)9-12/h3-10H,2H2,1H3. The van der Waals surface area contributed by atoms with Crippen LogP contribution in [-0.2, 0) is 0 Å². The van der Waals surface area contributed by atoms with Crippen molar-refractivity contribution in [2.75, 3.05) is 6.61 Å². The van der Waals surface area contributed by atoms with Gasteiger partial charge in [0.15, 0.2) is 5.65 Å². The van der Waals surface area contributed by atoms with E-state index >= 15 is 0 Å². The van der Waals surface area contributed by atoms with Gasteiger partial charge >= 0.3 is 0 Å². The molecule has 0 spiro atoms. The first-order chi connectivity index (χ1) is 8.86. The van der Waals surface area contributed by atoms with Crippen molar-refractivity contribution in [3.63, 3.8) is 0 Å². The molecule has 0 amide bonds. The molecule has 0 unspecified atom stereocenters. The summed E-state index contributed by atoms with van der Waals surface area (Å²) in [7, 11) is 0. The lowest BCUT2D eigenvalue weighted by molar-refractivity contribution is 0.340. The Morgan fingerprint density at radius 2 is 2.11 bits per heavy atom. The van der Waals surface area contributed by atoms with Crippen molar-refractivity contribution in [3.05, 3.63) is 48.9 Å². The normalized spacial score (nSPS) is 10.7. The molecule has 0 bridgehead atoms. The van der Waals surface area contributed by atoms with Gasteiger partial charge in [-0.05, 0) is 42.3 Å². The minimum atomic E-state index is 0.675. The number of aromatic nitrogens is 3. The van der Waals surface area contributed by atoms with Crippen molar-refractivity contribution in [1.82, 2.24) is 14.6 Å². The van der Waals surface area contributed by atoms with Crippen molar-refractivity contribution in [2.24, 2.45) is 0 Å². The second-order valence-corrected chi connectivity index (χ2v) is 3.98. The van der Waals surface area contributed by atoms with E-state index in [1.807, 2.05) is 47.9 Å². The fourth-order valence-corrected chi connectivity index (χ4v) is 1.93. The summed E-state index contributed by atoms with van der Waals surface area (Å²) in [6.07, 6.45) is 3.71. The molecule has 0 aliphatic rings. The lowest BCUT2D eigenvalue weighted by Crippen LogP contribution is -1.91. The topological polar surface area (TPSA) is 39.4 Å². The number of pyridine rings is 1. The Labute approximate surface area is 105 Å². The molecule has 1 aromatic carbocycles. The zero-order valence-corrected chi connectivity index (χ0v) is 10.1. The Hall–Kier alpha value is -2.36. The average Bonchev–Trinajstić information content (AvgIpc) is 2.86. The van der Waals surface area contributed by atoms with Gasteiger partial charge in [0, 0.05) is 6.20 Å². The summed E-state index contributed by atoms with van der Waals surface area (Å²) in [5, 5.41) is 7.86. The number of rotatable bonds is 3. The van der Waals surface area contributed by atoms with Gasteiger partial charge < -0.3 is 4.74 Å². The highest BCUT2D eigenvalue weighted by atomic mass is 16.5. The minimum absolute atomic E-state index is 0.675. The van der Waals surface area contributed by atoms with E-state index < -0.39 is 0 Å². The lowest BCUT2D eigenvalue weighted by atomic mass is 10.1. The summed E-state index contributed by atoms with van der Waals surface area (Å²) >= 11 is 0. The van der Waals surface area contributed by atoms with Crippen LogP contribution >= 0.6 is 0 Å². The number of hydrogen-bond acceptors (Lipinski definition) is 3. The zero-order chi connectivity index (χ0) is 12.4. The largest absolute Gasteiger partial charge is 0.494 e. The molecule has 0 atom stereocenters. The maximum absolute atomic E-state index is 5.51. The maximum atomic E-state index is 5.51. The summed E-state index contributed by atoms with van der Waals surface area (Å²) in [5.41, 5.74) is 3.08. The molecule has 3 rings (SSSR count). The molecule has 90 valence electrons.